The van der Waals surface area contributed by atoms with Crippen molar-refractivity contribution in [1.82, 2.24) is 10.6 Å². The average Bonchev–Trinajstić information content (AvgIpc) is 2.06. The van der Waals surface area contributed by atoms with Crippen molar-refractivity contribution in [3.8, 4) is 0 Å². The average molecular weight is 156 g/mol. The Morgan fingerprint density at radius 2 is 2.27 bits per heavy atom. The highest BCUT2D eigenvalue weighted by Crippen LogP contribution is 1.96. The number of carbonyl (C=O) groups excluding carboxylic acids is 1. The number of amides is 1. The van der Waals surface area contributed by atoms with Gasteiger partial charge in [-0.1, -0.05) is 6.08 Å². The Bertz CT molecular complexity index is 134. The second kappa shape index (κ2) is 5.92. The second-order valence-electron chi connectivity index (χ2n) is 2.34. The van der Waals surface area contributed by atoms with Gasteiger partial charge >= 0.3 is 0 Å². The van der Waals surface area contributed by atoms with Crippen molar-refractivity contribution in [3.05, 3.63) is 12.7 Å². The molecule has 0 aromatic carbocycles. The molecule has 0 rings (SSSR count). The molecule has 1 amide bonds. The molecule has 1 atom stereocenters. The normalized spacial score (nSPS) is 12.2. The van der Waals surface area contributed by atoms with Gasteiger partial charge in [-0.25, -0.2) is 0 Å². The van der Waals surface area contributed by atoms with Crippen LogP contribution in [0, 0.1) is 0 Å². The van der Waals surface area contributed by atoms with Crippen LogP contribution in [0.1, 0.15) is 12.8 Å². The lowest BCUT2D eigenvalue weighted by atomic mass is 10.1. The molecule has 0 spiro atoms. The van der Waals surface area contributed by atoms with E-state index in [1.54, 1.807) is 7.05 Å². The maximum absolute atomic E-state index is 10.8. The first-order valence-corrected chi connectivity index (χ1v) is 3.75. The number of nitrogens with one attached hydrogen (secondary N) is 2. The highest BCUT2D eigenvalue weighted by molar-refractivity contribution is 5.75. The minimum atomic E-state index is 0.0760. The van der Waals surface area contributed by atoms with E-state index in [4.69, 9.17) is 0 Å². The first-order valence-electron chi connectivity index (χ1n) is 3.75. The predicted molar refractivity (Wildman–Crippen MR) is 46.3 cm³/mol. The van der Waals surface area contributed by atoms with Gasteiger partial charge in [-0.3, -0.25) is 4.79 Å². The first-order chi connectivity index (χ1) is 5.24. The Morgan fingerprint density at radius 3 is 2.64 bits per heavy atom. The fraction of sp³-hybridized carbons (Fsp3) is 0.625. The Hall–Kier alpha value is -0.830. The van der Waals surface area contributed by atoms with Crippen molar-refractivity contribution in [2.24, 2.45) is 0 Å². The number of hydrogen-bond donors (Lipinski definition) is 2. The Labute approximate surface area is 67.9 Å². The Balaban J connectivity index is 3.50. The molecule has 2 N–H and O–H groups in total. The molecule has 0 aliphatic rings. The summed E-state index contributed by atoms with van der Waals surface area (Å²) in [6.07, 6.45) is 3.16. The van der Waals surface area contributed by atoms with Gasteiger partial charge < -0.3 is 10.6 Å². The minimum Gasteiger partial charge on any atom is -0.359 e. The topological polar surface area (TPSA) is 41.1 Å². The summed E-state index contributed by atoms with van der Waals surface area (Å²) in [5.74, 6) is 0.0760. The molecule has 3 heteroatoms. The van der Waals surface area contributed by atoms with Gasteiger partial charge in [-0.15, -0.1) is 6.58 Å². The zero-order chi connectivity index (χ0) is 8.69. The van der Waals surface area contributed by atoms with Crippen molar-refractivity contribution in [1.29, 1.82) is 0 Å². The molecule has 0 fully saturated rings. The first kappa shape index (κ1) is 10.2. The van der Waals surface area contributed by atoms with Crippen molar-refractivity contribution >= 4 is 5.91 Å². The van der Waals surface area contributed by atoms with Crippen molar-refractivity contribution in [2.75, 3.05) is 14.1 Å². The molecule has 3 nitrogen and oxygen atoms in total. The summed E-state index contributed by atoms with van der Waals surface area (Å²) in [5, 5.41) is 5.60. The van der Waals surface area contributed by atoms with E-state index in [0.717, 1.165) is 6.42 Å². The van der Waals surface area contributed by atoms with E-state index < -0.39 is 0 Å². The predicted octanol–water partition coefficient (Wildman–Crippen LogP) is 0.287. The van der Waals surface area contributed by atoms with Gasteiger partial charge in [-0.2, -0.15) is 0 Å². The molecular formula is C8H16N2O. The molecular weight excluding hydrogens is 140 g/mol. The van der Waals surface area contributed by atoms with Gasteiger partial charge in [0.1, 0.15) is 0 Å². The summed E-state index contributed by atoms with van der Waals surface area (Å²) in [7, 11) is 3.50. The van der Waals surface area contributed by atoms with E-state index in [9.17, 15) is 4.79 Å². The van der Waals surface area contributed by atoms with Crippen molar-refractivity contribution < 1.29 is 4.79 Å². The van der Waals surface area contributed by atoms with E-state index in [-0.39, 0.29) is 11.9 Å². The van der Waals surface area contributed by atoms with Gasteiger partial charge in [-0.05, 0) is 13.5 Å². The fourth-order valence-corrected chi connectivity index (χ4v) is 0.792. The summed E-state index contributed by atoms with van der Waals surface area (Å²) in [6.45, 7) is 3.64. The van der Waals surface area contributed by atoms with Gasteiger partial charge in [0, 0.05) is 19.5 Å². The van der Waals surface area contributed by atoms with Crippen LogP contribution in [0.5, 0.6) is 0 Å². The highest BCUT2D eigenvalue weighted by atomic mass is 16.1. The number of rotatable bonds is 5. The standard InChI is InChI=1S/C8H16N2O/c1-4-7(9-2)5-6-8(11)10-3/h4,7,9H,1,5-6H2,2-3H3,(H,10,11). The molecule has 0 aromatic rings. The summed E-state index contributed by atoms with van der Waals surface area (Å²) in [5.41, 5.74) is 0. The zero-order valence-corrected chi connectivity index (χ0v) is 7.18. The lowest BCUT2D eigenvalue weighted by Crippen LogP contribution is -2.26. The van der Waals surface area contributed by atoms with Crippen LogP contribution >= 0.6 is 0 Å². The molecule has 0 saturated carbocycles. The summed E-state index contributed by atoms with van der Waals surface area (Å²) >= 11 is 0. The summed E-state index contributed by atoms with van der Waals surface area (Å²) in [6, 6.07) is 0.243. The van der Waals surface area contributed by atoms with Crippen LogP contribution in [0.3, 0.4) is 0 Å². The monoisotopic (exact) mass is 156 g/mol. The molecule has 0 radical (unpaired) electrons. The largest absolute Gasteiger partial charge is 0.359 e. The van der Waals surface area contributed by atoms with Gasteiger partial charge in [0.2, 0.25) is 5.91 Å². The SMILES string of the molecule is C=CC(CCC(=O)NC)NC. The fourth-order valence-electron chi connectivity index (χ4n) is 0.792. The van der Waals surface area contributed by atoms with Gasteiger partial charge in [0.15, 0.2) is 0 Å². The molecule has 0 bridgehead atoms. The minimum absolute atomic E-state index is 0.0760. The molecule has 64 valence electrons. The van der Waals surface area contributed by atoms with Crippen molar-refractivity contribution in [3.63, 3.8) is 0 Å². The number of hydrogen-bond acceptors (Lipinski definition) is 2. The van der Waals surface area contributed by atoms with E-state index in [1.807, 2.05) is 13.1 Å². The molecule has 0 aliphatic carbocycles. The Kier molecular flexibility index (Phi) is 5.47. The van der Waals surface area contributed by atoms with Crippen LogP contribution in [0.2, 0.25) is 0 Å². The van der Waals surface area contributed by atoms with Crippen LogP contribution < -0.4 is 10.6 Å². The molecule has 0 aromatic heterocycles. The Morgan fingerprint density at radius 1 is 1.64 bits per heavy atom. The smallest absolute Gasteiger partial charge is 0.219 e. The van der Waals surface area contributed by atoms with Gasteiger partial charge in [0.05, 0.1) is 0 Å². The maximum Gasteiger partial charge on any atom is 0.219 e. The zero-order valence-electron chi connectivity index (χ0n) is 7.18. The van der Waals surface area contributed by atoms with Gasteiger partial charge in [0.25, 0.3) is 0 Å². The summed E-state index contributed by atoms with van der Waals surface area (Å²) in [4.78, 5) is 10.8. The molecule has 11 heavy (non-hydrogen) atoms. The van der Waals surface area contributed by atoms with E-state index in [1.165, 1.54) is 0 Å². The quantitative estimate of drug-likeness (QED) is 0.562. The van der Waals surface area contributed by atoms with E-state index in [2.05, 4.69) is 17.2 Å². The van der Waals surface area contributed by atoms with E-state index >= 15 is 0 Å². The molecule has 1 unspecified atom stereocenters. The summed E-state index contributed by atoms with van der Waals surface area (Å²) < 4.78 is 0. The molecule has 0 aliphatic heterocycles. The third kappa shape index (κ3) is 4.56. The van der Waals surface area contributed by atoms with Crippen LogP contribution in [0.15, 0.2) is 12.7 Å². The third-order valence-corrected chi connectivity index (χ3v) is 1.62. The lowest BCUT2D eigenvalue weighted by Gasteiger charge is -2.09. The molecule has 0 saturated heterocycles. The second-order valence-corrected chi connectivity index (χ2v) is 2.34. The highest BCUT2D eigenvalue weighted by Gasteiger charge is 2.03. The van der Waals surface area contributed by atoms with Crippen LogP contribution in [-0.4, -0.2) is 26.0 Å². The third-order valence-electron chi connectivity index (χ3n) is 1.62. The van der Waals surface area contributed by atoms with E-state index in [0.29, 0.717) is 6.42 Å². The maximum atomic E-state index is 10.8. The number of likely N-dealkylation sites (N-methyl/N-ethyl adjacent to an activating group) is 1. The number of carbonyl (C=O) groups is 1. The van der Waals surface area contributed by atoms with Crippen LogP contribution in [0.4, 0.5) is 0 Å². The van der Waals surface area contributed by atoms with Crippen molar-refractivity contribution in [2.45, 2.75) is 18.9 Å². The lowest BCUT2D eigenvalue weighted by molar-refractivity contribution is -0.120. The van der Waals surface area contributed by atoms with Crippen LogP contribution in [0.25, 0.3) is 0 Å². The van der Waals surface area contributed by atoms with Crippen LogP contribution in [-0.2, 0) is 4.79 Å². The molecule has 0 heterocycles.